The molecular formula is C5H5FO2. The number of alkyl halides is 1. The van der Waals surface area contributed by atoms with Crippen LogP contribution in [0.15, 0.2) is 11.6 Å². The molecule has 0 unspecified atom stereocenters. The van der Waals surface area contributed by atoms with E-state index in [2.05, 4.69) is 4.74 Å². The molecule has 0 amide bonds. The minimum absolute atomic E-state index is 0.134. The molecule has 0 bridgehead atoms. The van der Waals surface area contributed by atoms with E-state index in [1.54, 1.807) is 0 Å². The molecule has 0 aromatic rings. The summed E-state index contributed by atoms with van der Waals surface area (Å²) in [6, 6.07) is 0. The lowest BCUT2D eigenvalue weighted by molar-refractivity contribution is -0.134. The number of cyclic esters (lactones) is 1. The molecule has 0 aromatic heterocycles. The number of ether oxygens (including phenoxy) is 1. The van der Waals surface area contributed by atoms with Crippen molar-refractivity contribution in [1.29, 1.82) is 0 Å². The Labute approximate surface area is 45.9 Å². The third kappa shape index (κ3) is 0.857. The van der Waals surface area contributed by atoms with Crippen molar-refractivity contribution in [2.45, 2.75) is 0 Å². The van der Waals surface area contributed by atoms with Crippen LogP contribution in [0.5, 0.6) is 0 Å². The summed E-state index contributed by atoms with van der Waals surface area (Å²) in [5, 5.41) is 0. The smallest absolute Gasteiger partial charge is 0.331 e. The molecule has 0 saturated heterocycles. The van der Waals surface area contributed by atoms with Gasteiger partial charge in [-0.05, 0) is 0 Å². The van der Waals surface area contributed by atoms with Crippen molar-refractivity contribution in [3.63, 3.8) is 0 Å². The minimum Gasteiger partial charge on any atom is -0.458 e. The summed E-state index contributed by atoms with van der Waals surface area (Å²) in [6.07, 6.45) is 1.18. The predicted molar refractivity (Wildman–Crippen MR) is 25.0 cm³/mol. The Balaban J connectivity index is 2.57. The van der Waals surface area contributed by atoms with Crippen molar-refractivity contribution in [2.24, 2.45) is 0 Å². The van der Waals surface area contributed by atoms with Gasteiger partial charge in [-0.2, -0.15) is 0 Å². The summed E-state index contributed by atoms with van der Waals surface area (Å²) in [6.45, 7) is -0.443. The van der Waals surface area contributed by atoms with E-state index in [9.17, 15) is 9.18 Å². The molecule has 0 fully saturated rings. The zero-order valence-electron chi connectivity index (χ0n) is 4.19. The second kappa shape index (κ2) is 1.94. The molecule has 1 aliphatic heterocycles. The summed E-state index contributed by atoms with van der Waals surface area (Å²) >= 11 is 0. The number of carbonyl (C=O) groups excluding carboxylic acids is 1. The number of hydrogen-bond donors (Lipinski definition) is 0. The van der Waals surface area contributed by atoms with Crippen molar-refractivity contribution in [3.05, 3.63) is 11.6 Å². The van der Waals surface area contributed by atoms with Crippen LogP contribution in [-0.4, -0.2) is 19.3 Å². The fourth-order valence-electron chi connectivity index (χ4n) is 0.491. The third-order valence-corrected chi connectivity index (χ3v) is 0.893. The number of hydrogen-bond acceptors (Lipinski definition) is 2. The number of carbonyl (C=O) groups is 1. The van der Waals surface area contributed by atoms with E-state index in [-0.39, 0.29) is 6.61 Å². The highest BCUT2D eigenvalue weighted by Gasteiger charge is 2.10. The van der Waals surface area contributed by atoms with Crippen molar-refractivity contribution < 1.29 is 13.9 Å². The second-order valence-electron chi connectivity index (χ2n) is 1.54. The fourth-order valence-corrected chi connectivity index (χ4v) is 0.491. The van der Waals surface area contributed by atoms with Gasteiger partial charge in [-0.3, -0.25) is 0 Å². The molecule has 0 aliphatic carbocycles. The molecule has 0 radical (unpaired) electrons. The van der Waals surface area contributed by atoms with Crippen molar-refractivity contribution in [2.75, 3.05) is 13.3 Å². The standard InChI is InChI=1S/C5H5FO2/c6-2-4-1-5(7)8-3-4/h1H,2-3H2. The van der Waals surface area contributed by atoms with Gasteiger partial charge >= 0.3 is 5.97 Å². The third-order valence-electron chi connectivity index (χ3n) is 0.893. The summed E-state index contributed by atoms with van der Waals surface area (Å²) < 4.78 is 16.0. The predicted octanol–water partition coefficient (Wildman–Crippen LogP) is 0.439. The van der Waals surface area contributed by atoms with E-state index in [0.29, 0.717) is 5.57 Å². The first-order valence-corrected chi connectivity index (χ1v) is 2.25. The monoisotopic (exact) mass is 116 g/mol. The van der Waals surface area contributed by atoms with Crippen molar-refractivity contribution >= 4 is 5.97 Å². The first-order chi connectivity index (χ1) is 3.83. The first kappa shape index (κ1) is 5.28. The lowest BCUT2D eigenvalue weighted by Crippen LogP contribution is -1.91. The van der Waals surface area contributed by atoms with E-state index in [1.165, 1.54) is 6.08 Å². The SMILES string of the molecule is O=C1C=C(CF)CO1. The van der Waals surface area contributed by atoms with Gasteiger partial charge in [0.25, 0.3) is 0 Å². The van der Waals surface area contributed by atoms with Gasteiger partial charge in [0.1, 0.15) is 13.3 Å². The highest BCUT2D eigenvalue weighted by Crippen LogP contribution is 2.04. The van der Waals surface area contributed by atoms with Gasteiger partial charge in [0.05, 0.1) is 0 Å². The Morgan fingerprint density at radius 2 is 2.62 bits per heavy atom. The average molecular weight is 116 g/mol. The molecule has 3 heteroatoms. The molecule has 44 valence electrons. The normalized spacial score (nSPS) is 18.1. The molecule has 0 aromatic carbocycles. The number of esters is 1. The first-order valence-electron chi connectivity index (χ1n) is 2.25. The quantitative estimate of drug-likeness (QED) is 0.464. The van der Waals surface area contributed by atoms with E-state index >= 15 is 0 Å². The Bertz CT molecular complexity index is 139. The van der Waals surface area contributed by atoms with Gasteiger partial charge in [-0.1, -0.05) is 0 Å². The Hall–Kier alpha value is -0.860. The summed E-state index contributed by atoms with van der Waals surface area (Å²) in [4.78, 5) is 10.1. The lowest BCUT2D eigenvalue weighted by atomic mass is 10.3. The highest BCUT2D eigenvalue weighted by molar-refractivity contribution is 5.85. The fraction of sp³-hybridized carbons (Fsp3) is 0.400. The minimum atomic E-state index is -0.578. The Morgan fingerprint density at radius 1 is 1.88 bits per heavy atom. The molecule has 2 nitrogen and oxygen atoms in total. The number of halogens is 1. The van der Waals surface area contributed by atoms with Crippen LogP contribution in [0.2, 0.25) is 0 Å². The van der Waals surface area contributed by atoms with Crippen LogP contribution in [0.3, 0.4) is 0 Å². The maximum Gasteiger partial charge on any atom is 0.331 e. The zero-order chi connectivity index (χ0) is 5.98. The maximum atomic E-state index is 11.6. The van der Waals surface area contributed by atoms with Gasteiger partial charge in [-0.15, -0.1) is 0 Å². The van der Waals surface area contributed by atoms with Gasteiger partial charge in [0, 0.05) is 11.6 Å². The van der Waals surface area contributed by atoms with Gasteiger partial charge < -0.3 is 4.74 Å². The van der Waals surface area contributed by atoms with Crippen molar-refractivity contribution in [3.8, 4) is 0 Å². The van der Waals surface area contributed by atoms with Crippen LogP contribution in [-0.2, 0) is 9.53 Å². The summed E-state index contributed by atoms with van der Waals surface area (Å²) in [7, 11) is 0. The van der Waals surface area contributed by atoms with Crippen LogP contribution >= 0.6 is 0 Å². The summed E-state index contributed by atoms with van der Waals surface area (Å²) in [5.41, 5.74) is 0.426. The molecule has 0 spiro atoms. The maximum absolute atomic E-state index is 11.6. The van der Waals surface area contributed by atoms with E-state index in [1.807, 2.05) is 0 Å². The number of rotatable bonds is 1. The Kier molecular flexibility index (Phi) is 1.28. The van der Waals surface area contributed by atoms with Gasteiger partial charge in [0.15, 0.2) is 0 Å². The van der Waals surface area contributed by atoms with Crippen LogP contribution in [0.4, 0.5) is 4.39 Å². The van der Waals surface area contributed by atoms with Crippen LogP contribution < -0.4 is 0 Å². The van der Waals surface area contributed by atoms with Crippen LogP contribution in [0.25, 0.3) is 0 Å². The van der Waals surface area contributed by atoms with E-state index in [4.69, 9.17) is 0 Å². The molecule has 1 heterocycles. The average Bonchev–Trinajstić information content (AvgIpc) is 2.14. The highest BCUT2D eigenvalue weighted by atomic mass is 19.1. The molecule has 1 rings (SSSR count). The van der Waals surface area contributed by atoms with Crippen LogP contribution in [0, 0.1) is 0 Å². The molecule has 0 saturated carbocycles. The molecule has 1 aliphatic rings. The Morgan fingerprint density at radius 3 is 2.88 bits per heavy atom. The van der Waals surface area contributed by atoms with Gasteiger partial charge in [0.2, 0.25) is 0 Å². The van der Waals surface area contributed by atoms with Crippen LogP contribution in [0.1, 0.15) is 0 Å². The largest absolute Gasteiger partial charge is 0.458 e. The zero-order valence-corrected chi connectivity index (χ0v) is 4.19. The second-order valence-corrected chi connectivity index (χ2v) is 1.54. The molecular weight excluding hydrogens is 111 g/mol. The molecule has 0 N–H and O–H groups in total. The summed E-state index contributed by atoms with van der Waals surface area (Å²) in [5.74, 6) is -0.433. The van der Waals surface area contributed by atoms with E-state index < -0.39 is 12.6 Å². The molecule has 0 atom stereocenters. The van der Waals surface area contributed by atoms with Gasteiger partial charge in [-0.25, -0.2) is 9.18 Å². The topological polar surface area (TPSA) is 26.3 Å². The van der Waals surface area contributed by atoms with Crippen molar-refractivity contribution in [1.82, 2.24) is 0 Å². The molecule has 8 heavy (non-hydrogen) atoms. The van der Waals surface area contributed by atoms with E-state index in [0.717, 1.165) is 0 Å². The lowest BCUT2D eigenvalue weighted by Gasteiger charge is -1.87.